The van der Waals surface area contributed by atoms with Crippen molar-refractivity contribution in [2.75, 3.05) is 7.11 Å². The number of rotatable bonds is 2. The average molecular weight is 240 g/mol. The molecule has 5 nitrogen and oxygen atoms in total. The van der Waals surface area contributed by atoms with E-state index in [9.17, 15) is 13.2 Å². The van der Waals surface area contributed by atoms with Crippen molar-refractivity contribution in [2.24, 2.45) is 0 Å². The summed E-state index contributed by atoms with van der Waals surface area (Å²) in [7, 11) is -2.41. The van der Waals surface area contributed by atoms with E-state index < -0.39 is 20.7 Å². The fourth-order valence-electron chi connectivity index (χ4n) is 1.52. The predicted octanol–water partition coefficient (Wildman–Crippen LogP) is 0.908. The molecule has 1 aliphatic heterocycles. The number of carboxylic acid groups (broad SMARTS) is 1. The fraction of sp³-hybridized carbons (Fsp3) is 0.100. The number of ether oxygens (including phenoxy) is 1. The lowest BCUT2D eigenvalue weighted by Crippen LogP contribution is -2.09. The average Bonchev–Trinajstić information content (AvgIpc) is 2.50. The lowest BCUT2D eigenvalue weighted by Gasteiger charge is -2.02. The third kappa shape index (κ3) is 1.38. The number of benzene rings is 1. The van der Waals surface area contributed by atoms with Crippen LogP contribution in [-0.2, 0) is 14.6 Å². The van der Waals surface area contributed by atoms with Gasteiger partial charge in [0.2, 0.25) is 9.84 Å². The molecular weight excluding hydrogens is 232 g/mol. The molecule has 0 fully saturated rings. The van der Waals surface area contributed by atoms with Crippen molar-refractivity contribution in [3.05, 3.63) is 28.7 Å². The van der Waals surface area contributed by atoms with E-state index in [-0.39, 0.29) is 4.90 Å². The molecule has 1 N–H and O–H groups in total. The van der Waals surface area contributed by atoms with Gasteiger partial charge in [-0.1, -0.05) is 0 Å². The monoisotopic (exact) mass is 240 g/mol. The van der Waals surface area contributed by atoms with Gasteiger partial charge in [0.25, 0.3) is 0 Å². The maximum atomic E-state index is 11.7. The van der Waals surface area contributed by atoms with Crippen LogP contribution in [0.3, 0.4) is 0 Å². The van der Waals surface area contributed by atoms with Crippen LogP contribution in [0.1, 0.15) is 5.56 Å². The van der Waals surface area contributed by atoms with Crippen LogP contribution in [0.5, 0.6) is 5.75 Å². The third-order valence-electron chi connectivity index (χ3n) is 2.29. The van der Waals surface area contributed by atoms with Crippen LogP contribution in [0.15, 0.2) is 28.0 Å². The first-order valence-corrected chi connectivity index (χ1v) is 5.83. The van der Waals surface area contributed by atoms with Gasteiger partial charge in [-0.3, -0.25) is 0 Å². The van der Waals surface area contributed by atoms with Crippen LogP contribution in [0, 0.1) is 0 Å². The van der Waals surface area contributed by atoms with Crippen LogP contribution in [0.4, 0.5) is 0 Å². The van der Waals surface area contributed by atoms with Crippen molar-refractivity contribution in [1.82, 2.24) is 0 Å². The first-order valence-electron chi connectivity index (χ1n) is 4.35. The van der Waals surface area contributed by atoms with Gasteiger partial charge in [-0.05, 0) is 29.8 Å². The summed E-state index contributed by atoms with van der Waals surface area (Å²) >= 11 is 0. The number of aliphatic carboxylic acids is 1. The van der Waals surface area contributed by atoms with Gasteiger partial charge in [0.05, 0.1) is 12.0 Å². The topological polar surface area (TPSA) is 80.7 Å². The first kappa shape index (κ1) is 10.7. The third-order valence-corrected chi connectivity index (χ3v) is 4.12. The summed E-state index contributed by atoms with van der Waals surface area (Å²) in [6, 6.07) is 4.31. The second kappa shape index (κ2) is 3.34. The molecule has 1 aliphatic rings. The van der Waals surface area contributed by atoms with E-state index in [0.29, 0.717) is 11.3 Å². The van der Waals surface area contributed by atoms with Crippen LogP contribution < -0.4 is 4.74 Å². The van der Waals surface area contributed by atoms with Gasteiger partial charge in [0.1, 0.15) is 5.75 Å². The van der Waals surface area contributed by atoms with Crippen molar-refractivity contribution < 1.29 is 23.1 Å². The molecule has 0 unspecified atom stereocenters. The Hall–Kier alpha value is -1.82. The Bertz CT molecular complexity index is 598. The molecule has 0 saturated heterocycles. The molecule has 2 rings (SSSR count). The maximum absolute atomic E-state index is 11.7. The Morgan fingerprint density at radius 1 is 1.38 bits per heavy atom. The van der Waals surface area contributed by atoms with Gasteiger partial charge >= 0.3 is 5.97 Å². The van der Waals surface area contributed by atoms with Crippen molar-refractivity contribution >= 4 is 21.9 Å². The molecule has 0 spiro atoms. The normalized spacial score (nSPS) is 16.4. The Morgan fingerprint density at radius 3 is 2.62 bits per heavy atom. The molecule has 1 aromatic rings. The lowest BCUT2D eigenvalue weighted by molar-refractivity contribution is -0.131. The van der Waals surface area contributed by atoms with Gasteiger partial charge in [0.15, 0.2) is 4.91 Å². The number of carbonyl (C=O) groups is 1. The zero-order chi connectivity index (χ0) is 11.9. The van der Waals surface area contributed by atoms with Gasteiger partial charge in [0, 0.05) is 0 Å². The van der Waals surface area contributed by atoms with Crippen LogP contribution in [0.2, 0.25) is 0 Å². The van der Waals surface area contributed by atoms with Crippen LogP contribution in [-0.4, -0.2) is 26.6 Å². The number of hydrogen-bond donors (Lipinski definition) is 1. The highest BCUT2D eigenvalue weighted by atomic mass is 32.2. The number of methoxy groups -OCH3 is 1. The Morgan fingerprint density at radius 2 is 2.06 bits per heavy atom. The van der Waals surface area contributed by atoms with Gasteiger partial charge in [-0.2, -0.15) is 0 Å². The number of hydrogen-bond acceptors (Lipinski definition) is 4. The van der Waals surface area contributed by atoms with Crippen molar-refractivity contribution in [1.29, 1.82) is 0 Å². The summed E-state index contributed by atoms with van der Waals surface area (Å²) in [5.74, 6) is -0.966. The molecular formula is C10H8O5S. The van der Waals surface area contributed by atoms with Gasteiger partial charge in [-0.15, -0.1) is 0 Å². The summed E-state index contributed by atoms with van der Waals surface area (Å²) in [4.78, 5) is 10.2. The fourth-order valence-corrected chi connectivity index (χ4v) is 2.95. The molecule has 16 heavy (non-hydrogen) atoms. The molecule has 0 aromatic heterocycles. The molecule has 0 atom stereocenters. The minimum Gasteiger partial charge on any atom is -0.497 e. The zero-order valence-electron chi connectivity index (χ0n) is 8.30. The highest BCUT2D eigenvalue weighted by molar-refractivity contribution is 7.96. The molecule has 1 aromatic carbocycles. The molecule has 1 heterocycles. The number of sulfone groups is 1. The van der Waals surface area contributed by atoms with Crippen molar-refractivity contribution in [3.8, 4) is 5.75 Å². The van der Waals surface area contributed by atoms with Crippen LogP contribution >= 0.6 is 0 Å². The standard InChI is InChI=1S/C10H8O5S/c1-15-7-2-3-8-6(4-7)5-9(10(11)12)16(8,13)14/h2-5H,1H3,(H,11,12). The number of fused-ring (bicyclic) bond motifs is 1. The minimum absolute atomic E-state index is 0.00528. The molecule has 0 saturated carbocycles. The Balaban J connectivity index is 2.67. The predicted molar refractivity (Wildman–Crippen MR) is 55.8 cm³/mol. The van der Waals surface area contributed by atoms with E-state index >= 15 is 0 Å². The molecule has 0 radical (unpaired) electrons. The van der Waals surface area contributed by atoms with E-state index in [4.69, 9.17) is 9.84 Å². The Kier molecular flexibility index (Phi) is 2.23. The SMILES string of the molecule is COc1ccc2c(c1)C=C(C(=O)O)S2(=O)=O. The summed E-state index contributed by atoms with van der Waals surface area (Å²) in [6.07, 6.45) is 1.13. The molecule has 0 amide bonds. The first-order chi connectivity index (χ1) is 7.46. The smallest absolute Gasteiger partial charge is 0.347 e. The van der Waals surface area contributed by atoms with Gasteiger partial charge in [-0.25, -0.2) is 13.2 Å². The van der Waals surface area contributed by atoms with Crippen LogP contribution in [0.25, 0.3) is 6.08 Å². The molecule has 0 bridgehead atoms. The quantitative estimate of drug-likeness (QED) is 0.830. The van der Waals surface area contributed by atoms with E-state index in [1.165, 1.54) is 25.3 Å². The second-order valence-electron chi connectivity index (χ2n) is 3.22. The van der Waals surface area contributed by atoms with E-state index in [2.05, 4.69) is 0 Å². The lowest BCUT2D eigenvalue weighted by atomic mass is 10.2. The second-order valence-corrected chi connectivity index (χ2v) is 5.11. The van der Waals surface area contributed by atoms with E-state index in [1.54, 1.807) is 0 Å². The summed E-state index contributed by atoms with van der Waals surface area (Å²) in [5.41, 5.74) is 0.344. The van der Waals surface area contributed by atoms with E-state index in [0.717, 1.165) is 6.08 Å². The summed E-state index contributed by atoms with van der Waals surface area (Å²) < 4.78 is 28.4. The molecule has 0 aliphatic carbocycles. The highest BCUT2D eigenvalue weighted by Crippen LogP contribution is 2.34. The van der Waals surface area contributed by atoms with Gasteiger partial charge < -0.3 is 9.84 Å². The van der Waals surface area contributed by atoms with Crippen molar-refractivity contribution in [2.45, 2.75) is 4.90 Å². The minimum atomic E-state index is -3.86. The largest absolute Gasteiger partial charge is 0.497 e. The Labute approximate surface area is 91.9 Å². The highest BCUT2D eigenvalue weighted by Gasteiger charge is 2.34. The molecule has 6 heteroatoms. The van der Waals surface area contributed by atoms with Crippen molar-refractivity contribution in [3.63, 3.8) is 0 Å². The van der Waals surface area contributed by atoms with E-state index in [1.807, 2.05) is 0 Å². The molecule has 84 valence electrons. The summed E-state index contributed by atoms with van der Waals surface area (Å²) in [6.45, 7) is 0. The maximum Gasteiger partial charge on any atom is 0.347 e. The summed E-state index contributed by atoms with van der Waals surface area (Å²) in [5, 5.41) is 8.77. The zero-order valence-corrected chi connectivity index (χ0v) is 9.11. The number of carboxylic acids is 1.